The molecule has 0 aliphatic carbocycles. The van der Waals surface area contributed by atoms with Crippen molar-refractivity contribution in [3.63, 3.8) is 0 Å². The molecular weight excluding hydrogens is 354 g/mol. The van der Waals surface area contributed by atoms with Gasteiger partial charge in [0.1, 0.15) is 16.8 Å². The van der Waals surface area contributed by atoms with Gasteiger partial charge in [-0.05, 0) is 40.5 Å². The summed E-state index contributed by atoms with van der Waals surface area (Å²) in [6.07, 6.45) is 1.30. The second-order valence-corrected chi connectivity index (χ2v) is 8.64. The molecule has 0 radical (unpaired) electrons. The first-order valence-electron chi connectivity index (χ1n) is 8.68. The maximum Gasteiger partial charge on any atom is 0.246 e. The quantitative estimate of drug-likeness (QED) is 0.803. The Hall–Kier alpha value is -2.00. The van der Waals surface area contributed by atoms with Gasteiger partial charge in [0.2, 0.25) is 15.9 Å². The number of aryl methyl sites for hydroxylation is 4. The van der Waals surface area contributed by atoms with E-state index in [0.717, 1.165) is 18.5 Å². The fourth-order valence-electron chi connectivity index (χ4n) is 3.39. The molecule has 1 aliphatic rings. The lowest BCUT2D eigenvalue weighted by atomic mass is 10.1. The third kappa shape index (κ3) is 3.59. The summed E-state index contributed by atoms with van der Waals surface area (Å²) >= 11 is 0. The van der Waals surface area contributed by atoms with E-state index in [9.17, 15) is 8.42 Å². The summed E-state index contributed by atoms with van der Waals surface area (Å²) in [6, 6.07) is 1.77. The monoisotopic (exact) mass is 379 g/mol. The molecule has 142 valence electrons. The number of hydrogen-bond acceptors (Lipinski definition) is 6. The van der Waals surface area contributed by atoms with Crippen LogP contribution in [0.5, 0.6) is 5.88 Å². The average Bonchev–Trinajstić information content (AvgIpc) is 2.79. The largest absolute Gasteiger partial charge is 0.473 e. The topological polar surface area (TPSA) is 90.2 Å². The maximum absolute atomic E-state index is 13.1. The molecule has 9 heteroatoms. The first-order chi connectivity index (χ1) is 12.2. The van der Waals surface area contributed by atoms with Gasteiger partial charge in [-0.2, -0.15) is 14.4 Å². The van der Waals surface area contributed by atoms with E-state index in [0.29, 0.717) is 41.1 Å². The van der Waals surface area contributed by atoms with Gasteiger partial charge in [-0.3, -0.25) is 4.68 Å². The zero-order valence-corrected chi connectivity index (χ0v) is 16.7. The number of nitrogens with zero attached hydrogens (tertiary/aromatic N) is 5. The molecule has 1 atom stereocenters. The first-order valence-corrected chi connectivity index (χ1v) is 10.1. The van der Waals surface area contributed by atoms with Crippen molar-refractivity contribution in [1.82, 2.24) is 24.1 Å². The molecule has 1 fully saturated rings. The number of ether oxygens (including phenoxy) is 1. The van der Waals surface area contributed by atoms with E-state index in [1.807, 2.05) is 13.8 Å². The molecule has 2 aromatic heterocycles. The molecule has 0 N–H and O–H groups in total. The average molecular weight is 379 g/mol. The van der Waals surface area contributed by atoms with Gasteiger partial charge in [0.05, 0.1) is 17.9 Å². The highest BCUT2D eigenvalue weighted by Crippen LogP contribution is 2.27. The number of hydrogen-bond donors (Lipinski definition) is 0. The van der Waals surface area contributed by atoms with Gasteiger partial charge in [-0.1, -0.05) is 0 Å². The van der Waals surface area contributed by atoms with E-state index in [1.54, 1.807) is 31.6 Å². The van der Waals surface area contributed by atoms with Gasteiger partial charge in [0.15, 0.2) is 0 Å². The molecule has 8 nitrogen and oxygen atoms in total. The molecule has 1 aliphatic heterocycles. The number of sulfonamides is 1. The van der Waals surface area contributed by atoms with Crippen LogP contribution in [0.25, 0.3) is 0 Å². The Balaban J connectivity index is 1.81. The van der Waals surface area contributed by atoms with Crippen molar-refractivity contribution < 1.29 is 13.2 Å². The molecule has 3 rings (SSSR count). The SMILES string of the molecule is Cc1cc(OC2CCCN(S(=O)(=O)c3c(C)nn(C)c3C)C2)nc(C)n1. The number of aromatic nitrogens is 4. The van der Waals surface area contributed by atoms with Crippen molar-refractivity contribution >= 4 is 10.0 Å². The summed E-state index contributed by atoms with van der Waals surface area (Å²) < 4.78 is 35.3. The predicted molar refractivity (Wildman–Crippen MR) is 96.6 cm³/mol. The Bertz CT molecular complexity index is 902. The van der Waals surface area contributed by atoms with Crippen molar-refractivity contribution in [1.29, 1.82) is 0 Å². The summed E-state index contributed by atoms with van der Waals surface area (Å²) in [6.45, 7) is 7.98. The van der Waals surface area contributed by atoms with Crippen LogP contribution in [0.3, 0.4) is 0 Å². The van der Waals surface area contributed by atoms with Gasteiger partial charge in [0.25, 0.3) is 0 Å². The fourth-order valence-corrected chi connectivity index (χ4v) is 5.30. The first kappa shape index (κ1) is 18.8. The Morgan fingerprint density at radius 1 is 1.19 bits per heavy atom. The molecule has 0 bridgehead atoms. The van der Waals surface area contributed by atoms with Crippen LogP contribution in [0, 0.1) is 27.7 Å². The van der Waals surface area contributed by atoms with Crippen LogP contribution in [0.15, 0.2) is 11.0 Å². The van der Waals surface area contributed by atoms with Gasteiger partial charge < -0.3 is 4.74 Å². The Morgan fingerprint density at radius 2 is 1.92 bits per heavy atom. The molecule has 1 unspecified atom stereocenters. The highest BCUT2D eigenvalue weighted by atomic mass is 32.2. The lowest BCUT2D eigenvalue weighted by Crippen LogP contribution is -2.44. The Labute approximate surface area is 154 Å². The predicted octanol–water partition coefficient (Wildman–Crippen LogP) is 1.68. The Kier molecular flexibility index (Phi) is 5.03. The van der Waals surface area contributed by atoms with Crippen molar-refractivity contribution in [3.8, 4) is 5.88 Å². The van der Waals surface area contributed by atoms with Crippen LogP contribution < -0.4 is 4.74 Å². The van der Waals surface area contributed by atoms with Crippen LogP contribution in [-0.2, 0) is 17.1 Å². The molecule has 2 aromatic rings. The third-order valence-electron chi connectivity index (χ3n) is 4.61. The van der Waals surface area contributed by atoms with E-state index in [4.69, 9.17) is 4.74 Å². The molecule has 26 heavy (non-hydrogen) atoms. The molecule has 0 aromatic carbocycles. The van der Waals surface area contributed by atoms with Gasteiger partial charge in [-0.15, -0.1) is 0 Å². The molecule has 3 heterocycles. The summed E-state index contributed by atoms with van der Waals surface area (Å²) in [7, 11) is -1.85. The van der Waals surface area contributed by atoms with E-state index in [2.05, 4.69) is 15.1 Å². The lowest BCUT2D eigenvalue weighted by Gasteiger charge is -2.32. The van der Waals surface area contributed by atoms with Crippen LogP contribution in [0.1, 0.15) is 35.7 Å². The zero-order chi connectivity index (χ0) is 19.1. The Morgan fingerprint density at radius 3 is 2.54 bits per heavy atom. The molecular formula is C17H25N5O3S. The van der Waals surface area contributed by atoms with Gasteiger partial charge in [0, 0.05) is 25.4 Å². The molecule has 0 saturated carbocycles. The van der Waals surface area contributed by atoms with E-state index in [1.165, 1.54) is 4.31 Å². The minimum atomic E-state index is -3.61. The number of piperidine rings is 1. The van der Waals surface area contributed by atoms with Crippen LogP contribution in [-0.4, -0.2) is 51.7 Å². The van der Waals surface area contributed by atoms with Crippen molar-refractivity contribution in [2.75, 3.05) is 13.1 Å². The summed E-state index contributed by atoms with van der Waals surface area (Å²) in [5.41, 5.74) is 2.00. The highest BCUT2D eigenvalue weighted by molar-refractivity contribution is 7.89. The molecule has 0 spiro atoms. The second-order valence-electron chi connectivity index (χ2n) is 6.76. The summed E-state index contributed by atoms with van der Waals surface area (Å²) in [5.74, 6) is 1.13. The normalized spacial score (nSPS) is 18.9. The van der Waals surface area contributed by atoms with Gasteiger partial charge in [-0.25, -0.2) is 13.4 Å². The van der Waals surface area contributed by atoms with E-state index in [-0.39, 0.29) is 6.10 Å². The standard InChI is InChI=1S/C17H25N5O3S/c1-11-9-16(19-14(4)18-11)25-15-7-6-8-22(10-15)26(23,24)17-12(2)20-21(5)13(17)3/h9,15H,6-8,10H2,1-5H3. The van der Waals surface area contributed by atoms with E-state index >= 15 is 0 Å². The molecule has 1 saturated heterocycles. The number of rotatable bonds is 4. The lowest BCUT2D eigenvalue weighted by molar-refractivity contribution is 0.124. The summed E-state index contributed by atoms with van der Waals surface area (Å²) in [4.78, 5) is 8.83. The zero-order valence-electron chi connectivity index (χ0n) is 15.9. The minimum absolute atomic E-state index is 0.232. The smallest absolute Gasteiger partial charge is 0.246 e. The maximum atomic E-state index is 13.1. The van der Waals surface area contributed by atoms with Crippen LogP contribution in [0.4, 0.5) is 0 Å². The van der Waals surface area contributed by atoms with Crippen molar-refractivity contribution in [2.24, 2.45) is 7.05 Å². The minimum Gasteiger partial charge on any atom is -0.473 e. The second kappa shape index (κ2) is 6.96. The van der Waals surface area contributed by atoms with Crippen LogP contribution >= 0.6 is 0 Å². The summed E-state index contributed by atoms with van der Waals surface area (Å²) in [5, 5.41) is 4.24. The highest BCUT2D eigenvalue weighted by Gasteiger charge is 2.34. The van der Waals surface area contributed by atoms with Crippen molar-refractivity contribution in [3.05, 3.63) is 29.0 Å². The third-order valence-corrected chi connectivity index (χ3v) is 6.73. The molecule has 0 amide bonds. The van der Waals surface area contributed by atoms with Gasteiger partial charge >= 0.3 is 0 Å². The fraction of sp³-hybridized carbons (Fsp3) is 0.588. The van der Waals surface area contributed by atoms with E-state index < -0.39 is 10.0 Å². The van der Waals surface area contributed by atoms with Crippen molar-refractivity contribution in [2.45, 2.75) is 51.5 Å². The van der Waals surface area contributed by atoms with Crippen LogP contribution in [0.2, 0.25) is 0 Å².